The van der Waals surface area contributed by atoms with E-state index in [9.17, 15) is 9.79 Å². The Morgan fingerprint density at radius 1 is 1.75 bits per heavy atom. The second-order valence-corrected chi connectivity index (χ2v) is 1.64. The van der Waals surface area contributed by atoms with Crippen molar-refractivity contribution in [1.29, 1.82) is 0 Å². The van der Waals surface area contributed by atoms with Crippen LogP contribution < -0.4 is 15.0 Å². The standard InChI is InChI=1S/C3H6NO3P/c1-2-3-7-4-8(5)6/h2,4H,1,3H2/q-2. The van der Waals surface area contributed by atoms with Crippen molar-refractivity contribution in [1.82, 2.24) is 5.25 Å². The summed E-state index contributed by atoms with van der Waals surface area (Å²) < 4.78 is 0. The summed E-state index contributed by atoms with van der Waals surface area (Å²) in [5, 5.41) is 1.73. The minimum absolute atomic E-state index is 0.184. The summed E-state index contributed by atoms with van der Waals surface area (Å²) in [6.45, 7) is 3.48. The third-order valence-electron chi connectivity index (χ3n) is 0.340. The van der Waals surface area contributed by atoms with Crippen molar-refractivity contribution >= 4 is 8.53 Å². The lowest BCUT2D eigenvalue weighted by molar-refractivity contribution is -0.304. The third-order valence-corrected chi connectivity index (χ3v) is 0.618. The molecule has 0 heterocycles. The van der Waals surface area contributed by atoms with Gasteiger partial charge in [-0.3, -0.25) is 4.84 Å². The molecule has 1 N–H and O–H groups in total. The van der Waals surface area contributed by atoms with E-state index in [0.717, 1.165) is 0 Å². The van der Waals surface area contributed by atoms with Crippen LogP contribution in [0, 0.1) is 0 Å². The number of hydrogen-bond acceptors (Lipinski definition) is 4. The molecule has 0 aromatic carbocycles. The molecule has 0 fully saturated rings. The normalized spacial score (nSPS) is 9.88. The third kappa shape index (κ3) is 6.01. The predicted molar refractivity (Wildman–Crippen MR) is 26.2 cm³/mol. The number of rotatable bonds is 4. The topological polar surface area (TPSA) is 67.4 Å². The van der Waals surface area contributed by atoms with Crippen LogP contribution in [-0.2, 0) is 4.84 Å². The summed E-state index contributed by atoms with van der Waals surface area (Å²) in [6, 6.07) is 0. The Bertz CT molecular complexity index is 67.5. The van der Waals surface area contributed by atoms with Crippen molar-refractivity contribution in [2.45, 2.75) is 0 Å². The first-order valence-electron chi connectivity index (χ1n) is 1.90. The summed E-state index contributed by atoms with van der Waals surface area (Å²) in [4.78, 5) is 23.6. The highest BCUT2D eigenvalue weighted by Crippen LogP contribution is 1.99. The average Bonchev–Trinajstić information content (AvgIpc) is 1.66. The van der Waals surface area contributed by atoms with E-state index >= 15 is 0 Å². The minimum Gasteiger partial charge on any atom is -0.828 e. The number of nitrogens with one attached hydrogen (secondary N) is 1. The van der Waals surface area contributed by atoms with Crippen LogP contribution in [0.1, 0.15) is 0 Å². The second-order valence-electron chi connectivity index (χ2n) is 0.948. The molecule has 8 heavy (non-hydrogen) atoms. The SMILES string of the molecule is C=CCONP([O-])[O-]. The van der Waals surface area contributed by atoms with Crippen LogP contribution in [0.2, 0.25) is 0 Å². The zero-order chi connectivity index (χ0) is 6.41. The van der Waals surface area contributed by atoms with E-state index in [-0.39, 0.29) is 6.61 Å². The fraction of sp³-hybridized carbons (Fsp3) is 0.333. The van der Waals surface area contributed by atoms with Crippen molar-refractivity contribution in [3.8, 4) is 0 Å². The Morgan fingerprint density at radius 2 is 2.38 bits per heavy atom. The molecular weight excluding hydrogens is 129 g/mol. The first kappa shape index (κ1) is 8.01. The highest BCUT2D eigenvalue weighted by atomic mass is 31.2. The van der Waals surface area contributed by atoms with Gasteiger partial charge in [0.1, 0.15) is 0 Å². The molecule has 0 atom stereocenters. The van der Waals surface area contributed by atoms with E-state index in [0.29, 0.717) is 0 Å². The van der Waals surface area contributed by atoms with E-state index in [1.807, 2.05) is 0 Å². The monoisotopic (exact) mass is 135 g/mol. The van der Waals surface area contributed by atoms with Gasteiger partial charge < -0.3 is 9.79 Å². The van der Waals surface area contributed by atoms with Crippen LogP contribution in [0.5, 0.6) is 0 Å². The molecule has 4 nitrogen and oxygen atoms in total. The summed E-state index contributed by atoms with van der Waals surface area (Å²) in [7, 11) is -2.63. The van der Waals surface area contributed by atoms with E-state index < -0.39 is 8.53 Å². The Balaban J connectivity index is 2.81. The minimum atomic E-state index is -2.63. The van der Waals surface area contributed by atoms with Gasteiger partial charge in [-0.15, -0.1) is 6.58 Å². The summed E-state index contributed by atoms with van der Waals surface area (Å²) in [5.74, 6) is 0. The molecule has 0 aromatic rings. The van der Waals surface area contributed by atoms with Gasteiger partial charge in [0.2, 0.25) is 0 Å². The summed E-state index contributed by atoms with van der Waals surface area (Å²) >= 11 is 0. The first-order chi connectivity index (χ1) is 3.77. The maximum atomic E-state index is 9.64. The molecule has 0 saturated heterocycles. The van der Waals surface area contributed by atoms with Crippen LogP contribution in [-0.4, -0.2) is 6.61 Å². The maximum Gasteiger partial charge on any atom is 0.0863 e. The highest BCUT2D eigenvalue weighted by molar-refractivity contribution is 7.39. The van der Waals surface area contributed by atoms with Crippen molar-refractivity contribution in [2.24, 2.45) is 0 Å². The van der Waals surface area contributed by atoms with Crippen molar-refractivity contribution in [3.63, 3.8) is 0 Å². The first-order valence-corrected chi connectivity index (χ1v) is 3.08. The molecule has 0 amide bonds. The lowest BCUT2D eigenvalue weighted by Crippen LogP contribution is -2.23. The fourth-order valence-electron chi connectivity index (χ4n) is 0.149. The molecule has 0 unspecified atom stereocenters. The molecule has 0 rings (SSSR count). The summed E-state index contributed by atoms with van der Waals surface area (Å²) in [6.07, 6.45) is 1.44. The zero-order valence-corrected chi connectivity index (χ0v) is 5.06. The van der Waals surface area contributed by atoms with E-state index in [1.165, 1.54) is 6.08 Å². The van der Waals surface area contributed by atoms with Crippen LogP contribution in [0.15, 0.2) is 12.7 Å². The van der Waals surface area contributed by atoms with Crippen LogP contribution in [0.25, 0.3) is 0 Å². The van der Waals surface area contributed by atoms with Gasteiger partial charge in [0, 0.05) is 0 Å². The molecule has 5 heteroatoms. The molecule has 48 valence electrons. The van der Waals surface area contributed by atoms with Crippen molar-refractivity contribution < 1.29 is 14.6 Å². The van der Waals surface area contributed by atoms with Crippen molar-refractivity contribution in [3.05, 3.63) is 12.7 Å². The summed E-state index contributed by atoms with van der Waals surface area (Å²) in [5.41, 5.74) is 0. The van der Waals surface area contributed by atoms with Gasteiger partial charge in [-0.25, -0.2) is 13.8 Å². The maximum absolute atomic E-state index is 9.64. The second kappa shape index (κ2) is 5.15. The molecule has 0 aromatic heterocycles. The Kier molecular flexibility index (Phi) is 5.16. The molecule has 0 aliphatic carbocycles. The average molecular weight is 135 g/mol. The molecule has 0 saturated carbocycles. The molecule has 0 aliphatic heterocycles. The van der Waals surface area contributed by atoms with Gasteiger partial charge in [-0.2, -0.15) is 0 Å². The largest absolute Gasteiger partial charge is 0.828 e. The van der Waals surface area contributed by atoms with E-state index in [1.54, 1.807) is 5.25 Å². The van der Waals surface area contributed by atoms with Crippen LogP contribution >= 0.6 is 8.53 Å². The van der Waals surface area contributed by atoms with Crippen molar-refractivity contribution in [2.75, 3.05) is 6.61 Å². The fourth-order valence-corrected chi connectivity index (χ4v) is 0.329. The quantitative estimate of drug-likeness (QED) is 0.224. The highest BCUT2D eigenvalue weighted by Gasteiger charge is 1.71. The van der Waals surface area contributed by atoms with Gasteiger partial charge >= 0.3 is 0 Å². The lowest BCUT2D eigenvalue weighted by atomic mass is 10.7. The Labute approximate surface area is 48.7 Å². The van der Waals surface area contributed by atoms with Gasteiger partial charge in [-0.1, -0.05) is 6.08 Å². The zero-order valence-electron chi connectivity index (χ0n) is 4.16. The predicted octanol–water partition coefficient (Wildman–Crippen LogP) is -1.36. The van der Waals surface area contributed by atoms with Gasteiger partial charge in [0.15, 0.2) is 0 Å². The lowest BCUT2D eigenvalue weighted by Gasteiger charge is -2.29. The van der Waals surface area contributed by atoms with E-state index in [2.05, 4.69) is 11.4 Å². The van der Waals surface area contributed by atoms with Crippen LogP contribution in [0.3, 0.4) is 0 Å². The smallest absolute Gasteiger partial charge is 0.0863 e. The van der Waals surface area contributed by atoms with E-state index in [4.69, 9.17) is 0 Å². The number of hydrogen-bond donors (Lipinski definition) is 1. The Hall–Kier alpha value is 0.0100. The molecule has 0 bridgehead atoms. The molecule has 0 spiro atoms. The molecule has 0 radical (unpaired) electrons. The van der Waals surface area contributed by atoms with Gasteiger partial charge in [-0.05, 0) is 0 Å². The van der Waals surface area contributed by atoms with Gasteiger partial charge in [0.25, 0.3) is 0 Å². The van der Waals surface area contributed by atoms with Crippen LogP contribution in [0.4, 0.5) is 0 Å². The Morgan fingerprint density at radius 3 is 2.75 bits per heavy atom. The molecular formula is C3H6NO3P-2. The van der Waals surface area contributed by atoms with Gasteiger partial charge in [0.05, 0.1) is 6.61 Å². The molecule has 0 aliphatic rings.